The van der Waals surface area contributed by atoms with Crippen LogP contribution in [0.3, 0.4) is 0 Å². The molecule has 0 unspecified atom stereocenters. The van der Waals surface area contributed by atoms with Gasteiger partial charge in [0.1, 0.15) is 5.65 Å². The smallest absolute Gasteiger partial charge is 0.155 e. The second-order valence-electron chi connectivity index (χ2n) is 19.9. The van der Waals surface area contributed by atoms with E-state index in [1.165, 1.54) is 79.7 Å². The van der Waals surface area contributed by atoms with E-state index in [0.29, 0.717) is 17.5 Å². The van der Waals surface area contributed by atoms with Crippen molar-refractivity contribution < 1.29 is 121 Å². The summed E-state index contributed by atoms with van der Waals surface area (Å²) in [6, 6.07) is 64.0. The summed E-state index contributed by atoms with van der Waals surface area (Å²) in [6.45, 7) is 11.4. The third kappa shape index (κ3) is 28.9. The van der Waals surface area contributed by atoms with E-state index in [2.05, 4.69) is 68.0 Å². The molecular weight excluding hydrogens is 1930 g/mol. The van der Waals surface area contributed by atoms with Crippen molar-refractivity contribution in [1.82, 2.24) is 54.2 Å². The summed E-state index contributed by atoms with van der Waals surface area (Å²) in [6.07, 6.45) is 12.2. The van der Waals surface area contributed by atoms with Gasteiger partial charge < -0.3 is 54.7 Å². The molecule has 96 heavy (non-hydrogen) atoms. The molecular formula is C73H67Ir3N11O8Pt-4. The van der Waals surface area contributed by atoms with Gasteiger partial charge in [0.05, 0.1) is 45.6 Å². The zero-order chi connectivity index (χ0) is 66.4. The van der Waals surface area contributed by atoms with Crippen molar-refractivity contribution in [2.45, 2.75) is 55.4 Å². The van der Waals surface area contributed by atoms with Crippen LogP contribution in [0.25, 0.3) is 95.5 Å². The first-order chi connectivity index (χ1) is 44.2. The second kappa shape index (κ2) is 43.4. The summed E-state index contributed by atoms with van der Waals surface area (Å²) < 4.78 is 2.01. The van der Waals surface area contributed by atoms with E-state index in [1.54, 1.807) is 12.4 Å². The predicted octanol–water partition coefficient (Wildman–Crippen LogP) is 14.9. The van der Waals surface area contributed by atoms with Gasteiger partial charge >= 0.3 is 0 Å². The summed E-state index contributed by atoms with van der Waals surface area (Å²) in [7, 11) is 0. The van der Waals surface area contributed by atoms with Gasteiger partial charge in [0.15, 0.2) is 23.1 Å². The van der Waals surface area contributed by atoms with Crippen molar-refractivity contribution in [2.24, 2.45) is 0 Å². The Morgan fingerprint density at radius 3 is 1.11 bits per heavy atom. The van der Waals surface area contributed by atoms with Crippen molar-refractivity contribution in [3.8, 4) is 45.8 Å². The normalized spacial score (nSPS) is 10.5. The number of carbonyl (C=O) groups excluding carboxylic acids is 4. The molecule has 0 amide bonds. The summed E-state index contributed by atoms with van der Waals surface area (Å²) in [5.74, 6) is 1.82. The summed E-state index contributed by atoms with van der Waals surface area (Å²) in [5, 5.41) is 34.6. The molecule has 0 saturated heterocycles. The molecule has 8 aromatic heterocycles. The largest absolute Gasteiger partial charge is 0.512 e. The van der Waals surface area contributed by atoms with Gasteiger partial charge in [-0.15, -0.1) is 35.9 Å². The second-order valence-corrected chi connectivity index (χ2v) is 19.9. The number of benzene rings is 5. The molecule has 23 heteroatoms. The van der Waals surface area contributed by atoms with Crippen LogP contribution >= 0.6 is 0 Å². The predicted molar refractivity (Wildman–Crippen MR) is 360 cm³/mol. The number of rotatable bonds is 8. The number of carbonyl (C=O) groups is 4. The maximum atomic E-state index is 10.0. The van der Waals surface area contributed by atoms with E-state index < -0.39 is 0 Å². The van der Waals surface area contributed by atoms with Gasteiger partial charge in [-0.2, -0.15) is 0 Å². The van der Waals surface area contributed by atoms with Gasteiger partial charge in [-0.1, -0.05) is 115 Å². The molecule has 0 spiro atoms. The minimum Gasteiger partial charge on any atom is -0.512 e. The van der Waals surface area contributed by atoms with E-state index in [4.69, 9.17) is 20.4 Å². The fourth-order valence-electron chi connectivity index (χ4n) is 8.04. The Morgan fingerprint density at radius 2 is 0.760 bits per heavy atom. The topological polar surface area (TPSA) is 286 Å². The molecule has 8 heterocycles. The van der Waals surface area contributed by atoms with Crippen LogP contribution in [0.1, 0.15) is 55.4 Å². The molecule has 13 rings (SSSR count). The Morgan fingerprint density at radius 1 is 0.385 bits per heavy atom. The molecule has 4 N–H and O–H groups in total. The van der Waals surface area contributed by atoms with Crippen LogP contribution in [0.15, 0.2) is 260 Å². The number of hydrogen-bond acceptors (Lipinski definition) is 15. The van der Waals surface area contributed by atoms with E-state index in [9.17, 15) is 19.2 Å². The van der Waals surface area contributed by atoms with Gasteiger partial charge in [0.2, 0.25) is 0 Å². The molecule has 0 aliphatic heterocycles. The Hall–Kier alpha value is -9.61. The van der Waals surface area contributed by atoms with Crippen LogP contribution < -0.4 is 15.0 Å². The Balaban J connectivity index is 0.000000383. The molecule has 503 valence electrons. The number of fused-ring (bicyclic) bond motifs is 5. The number of para-hydroxylation sites is 7. The van der Waals surface area contributed by atoms with Crippen LogP contribution in [0.5, 0.6) is 0 Å². The van der Waals surface area contributed by atoms with Crippen LogP contribution in [-0.4, -0.2) is 82.8 Å². The van der Waals surface area contributed by atoms with Gasteiger partial charge in [0, 0.05) is 135 Å². The number of ketones is 4. The van der Waals surface area contributed by atoms with Crippen molar-refractivity contribution in [2.75, 3.05) is 0 Å². The zero-order valence-corrected chi connectivity index (χ0v) is 62.6. The van der Waals surface area contributed by atoms with E-state index in [0.717, 1.165) is 78.0 Å². The van der Waals surface area contributed by atoms with Crippen LogP contribution in [0, 0.1) is 6.07 Å². The van der Waals surface area contributed by atoms with Crippen molar-refractivity contribution >= 4 is 72.8 Å². The SMILES string of the molecule is CC(=O)C=C(C)O.CC(=O)C=C(C)O.CC(=O)C=C(C)O.CC(=O)C=C(C)O.[Ir].[Ir].[Ir].[Pt].[c-]1ccccc1-c1cn2ccccc2n1.c1ccc(-c2nc3ccccc3[n-]2)nc1.c1ccc(-c2nc3ccccc3[n-]2)nc1.c1ccc2nc(-c3nc4ccccc4[n-]3)ccc2c1. The van der Waals surface area contributed by atoms with E-state index in [-0.39, 0.29) is 128 Å². The number of aliphatic hydroxyl groups excluding tert-OH is 4. The fourth-order valence-corrected chi connectivity index (χ4v) is 8.04. The maximum Gasteiger partial charge on any atom is 0.155 e. The van der Waals surface area contributed by atoms with Gasteiger partial charge in [0.25, 0.3) is 0 Å². The average Bonchev–Trinajstić information content (AvgIpc) is 1.75. The van der Waals surface area contributed by atoms with E-state index in [1.807, 2.05) is 193 Å². The summed E-state index contributed by atoms with van der Waals surface area (Å²) in [5.41, 5.74) is 11.8. The molecule has 0 bridgehead atoms. The fraction of sp³-hybridized carbons (Fsp3) is 0.110. The number of allylic oxidation sites excluding steroid dienone is 8. The van der Waals surface area contributed by atoms with Crippen LogP contribution in [0.2, 0.25) is 0 Å². The molecule has 0 aliphatic carbocycles. The summed E-state index contributed by atoms with van der Waals surface area (Å²) in [4.78, 5) is 84.3. The first-order valence-electron chi connectivity index (χ1n) is 28.5. The van der Waals surface area contributed by atoms with Crippen molar-refractivity contribution in [1.29, 1.82) is 0 Å². The monoisotopic (exact) mass is 2000 g/mol. The summed E-state index contributed by atoms with van der Waals surface area (Å²) >= 11 is 0. The minimum atomic E-state index is -0.125. The molecule has 5 aromatic carbocycles. The Labute approximate surface area is 610 Å². The first-order valence-corrected chi connectivity index (χ1v) is 28.5. The number of imidazole rings is 4. The molecule has 19 nitrogen and oxygen atoms in total. The first kappa shape index (κ1) is 82.5. The quantitative estimate of drug-likeness (QED) is 0.0624. The number of hydrogen-bond donors (Lipinski definition) is 4. The molecule has 0 fully saturated rings. The Kier molecular flexibility index (Phi) is 37.3. The van der Waals surface area contributed by atoms with Gasteiger partial charge in [-0.3, -0.25) is 34.1 Å². The molecule has 0 aliphatic rings. The molecule has 0 saturated carbocycles. The van der Waals surface area contributed by atoms with Crippen LogP contribution in [-0.2, 0) is 101 Å². The van der Waals surface area contributed by atoms with Crippen LogP contribution in [0.4, 0.5) is 0 Å². The third-order valence-corrected chi connectivity index (χ3v) is 11.6. The van der Waals surface area contributed by atoms with Gasteiger partial charge in [-0.25, -0.2) is 4.98 Å². The standard InChI is InChI=1S/C16H10N3.C13H9N2.2C12H8N3.4C5H8O2.3Ir.Pt/c1-2-6-12-11(5-1)9-10-15(17-12)16-18-13-7-3-4-8-14(13)19-16;1-2-6-11(7-3-1)12-10-15-9-5-4-8-13(15)14-12;2*1-2-6-10-9(5-1)14-12(15-10)11-7-3-4-8-13-11;4*1-4(6)3-5(2)7;;;;/h1-10H;1-6,8-10H;2*1-8H;4*3,6H,1-2H3;;;;/q4*-1;;;;;;;;. The van der Waals surface area contributed by atoms with Gasteiger partial charge in [-0.05, 0) is 161 Å². The average molecular weight is 2000 g/mol. The third-order valence-electron chi connectivity index (χ3n) is 11.6. The molecule has 13 aromatic rings. The molecule has 3 radical (unpaired) electrons. The maximum absolute atomic E-state index is 10.0. The zero-order valence-electron chi connectivity index (χ0n) is 53.2. The number of nitrogens with zero attached hydrogens (tertiary/aromatic N) is 11. The van der Waals surface area contributed by atoms with Crippen molar-refractivity contribution in [3.63, 3.8) is 0 Å². The minimum absolute atomic E-state index is 0. The number of aliphatic hydroxyl groups is 4. The number of pyridine rings is 4. The van der Waals surface area contributed by atoms with Crippen molar-refractivity contribution in [3.05, 3.63) is 266 Å². The molecule has 0 atom stereocenters. The van der Waals surface area contributed by atoms with E-state index >= 15 is 0 Å². The Bertz CT molecular complexity index is 4150. The number of aromatic nitrogens is 11.